The van der Waals surface area contributed by atoms with Gasteiger partial charge in [0.15, 0.2) is 0 Å². The molecule has 12 rings (SSSR count). The summed E-state index contributed by atoms with van der Waals surface area (Å²) in [6, 6.07) is 42.0. The van der Waals surface area contributed by atoms with Gasteiger partial charge in [0.1, 0.15) is 29.0 Å². The number of nitrogens with one attached hydrogen (secondary N) is 4. The van der Waals surface area contributed by atoms with Gasteiger partial charge < -0.3 is 50.3 Å². The molecule has 1 amide bonds. The number of aromatic amines is 3. The molecule has 3 aromatic heterocycles. The summed E-state index contributed by atoms with van der Waals surface area (Å²) in [6.45, 7) is 7.88. The molecule has 0 bridgehead atoms. The van der Waals surface area contributed by atoms with Crippen LogP contribution in [0.25, 0.3) is 55.0 Å². The molecule has 19 nitrogen and oxygen atoms in total. The van der Waals surface area contributed by atoms with Crippen LogP contribution >= 0.6 is 15.9 Å². The number of amides is 1. The number of benzene rings is 8. The van der Waals surface area contributed by atoms with E-state index in [0.29, 0.717) is 26.9 Å². The highest BCUT2D eigenvalue weighted by Crippen LogP contribution is 2.37. The van der Waals surface area contributed by atoms with E-state index in [1.54, 1.807) is 63.0 Å². The minimum atomic E-state index is -1.15. The normalized spacial score (nSPS) is 13.5. The van der Waals surface area contributed by atoms with Crippen LogP contribution in [0.5, 0.6) is 11.5 Å². The van der Waals surface area contributed by atoms with Crippen LogP contribution in [0, 0.1) is 17.5 Å². The van der Waals surface area contributed by atoms with E-state index in [-0.39, 0.29) is 54.3 Å². The van der Waals surface area contributed by atoms with Crippen LogP contribution in [-0.4, -0.2) is 115 Å². The van der Waals surface area contributed by atoms with Gasteiger partial charge in [-0.05, 0) is 176 Å². The van der Waals surface area contributed by atoms with Crippen LogP contribution in [0.1, 0.15) is 82.0 Å². The molecule has 1 saturated heterocycles. The molecule has 11 aromatic rings. The van der Waals surface area contributed by atoms with Crippen molar-refractivity contribution in [1.29, 1.82) is 0 Å². The highest BCUT2D eigenvalue weighted by molar-refractivity contribution is 9.10. The monoisotopic (exact) mass is 1290 g/mol. The van der Waals surface area contributed by atoms with Crippen molar-refractivity contribution >= 4 is 79.1 Å². The Morgan fingerprint density at radius 2 is 1.01 bits per heavy atom. The van der Waals surface area contributed by atoms with Crippen LogP contribution in [0.2, 0.25) is 0 Å². The number of fused-ring (bicyclic) bond motifs is 3. The summed E-state index contributed by atoms with van der Waals surface area (Å²) >= 11 is 2.98. The number of nitrogens with two attached hydrogens (primary N) is 1. The minimum absolute atomic E-state index is 0.0484. The van der Waals surface area contributed by atoms with E-state index in [1.807, 2.05) is 72.9 Å². The number of hydrogen-bond acceptors (Lipinski definition) is 13. The van der Waals surface area contributed by atoms with Crippen LogP contribution in [0.4, 0.5) is 13.2 Å². The number of methoxy groups -OCH3 is 2. The van der Waals surface area contributed by atoms with Gasteiger partial charge in [0.25, 0.3) is 5.91 Å². The molecule has 24 heteroatoms. The number of carbonyl (C=O) groups excluding carboxylic acids is 1. The first-order valence-electron chi connectivity index (χ1n) is 27.7. The Kier molecular flexibility index (Phi) is 21.8. The number of aromatic nitrogens is 6. The van der Waals surface area contributed by atoms with E-state index < -0.39 is 41.3 Å². The third kappa shape index (κ3) is 16.9. The third-order valence-corrected chi connectivity index (χ3v) is 15.1. The zero-order valence-electron chi connectivity index (χ0n) is 49.5. The second-order valence-electron chi connectivity index (χ2n) is 21.4. The van der Waals surface area contributed by atoms with Crippen molar-refractivity contribution < 1.29 is 66.8 Å². The van der Waals surface area contributed by atoms with Gasteiger partial charge in [0.05, 0.1) is 97.0 Å². The van der Waals surface area contributed by atoms with Gasteiger partial charge in [-0.25, -0.2) is 22.8 Å². The molecule has 0 radical (unpaired) electrons. The molecule has 0 saturated carbocycles. The van der Waals surface area contributed by atoms with E-state index in [1.165, 1.54) is 36.4 Å². The summed E-state index contributed by atoms with van der Waals surface area (Å²) in [5, 5.41) is 62.1. The number of nitrogens with zero attached hydrogens (tertiary/aromatic N) is 3. The number of hydrogen-bond donors (Lipinski definition) is 9. The first-order valence-corrected chi connectivity index (χ1v) is 28.5. The fourth-order valence-electron chi connectivity index (χ4n) is 9.09. The topological polar surface area (TPSA) is 293 Å². The lowest BCUT2D eigenvalue weighted by molar-refractivity contribution is 0.00578. The molecule has 1 aliphatic rings. The van der Waals surface area contributed by atoms with Gasteiger partial charge in [-0.2, -0.15) is 15.3 Å². The van der Waals surface area contributed by atoms with E-state index in [0.717, 1.165) is 72.7 Å². The summed E-state index contributed by atoms with van der Waals surface area (Å²) in [7, 11) is 2.83. The van der Waals surface area contributed by atoms with Gasteiger partial charge in [-0.3, -0.25) is 20.1 Å². The maximum absolute atomic E-state index is 14.3. The Morgan fingerprint density at radius 1 is 0.567 bits per heavy atom. The summed E-state index contributed by atoms with van der Waals surface area (Å²) in [5.74, 6) is -3.04. The second-order valence-corrected chi connectivity index (χ2v) is 22.3. The predicted octanol–water partition coefficient (Wildman–Crippen LogP) is 11.7. The van der Waals surface area contributed by atoms with E-state index in [9.17, 15) is 32.7 Å². The highest BCUT2D eigenvalue weighted by Gasteiger charge is 2.51. The molecule has 0 aliphatic carbocycles. The summed E-state index contributed by atoms with van der Waals surface area (Å²) in [6.07, 6.45) is 5.16. The number of H-pyrrole nitrogens is 3. The number of aliphatic hydroxyl groups excluding tert-OH is 2. The first-order chi connectivity index (χ1) is 43.0. The molecule has 2 unspecified atom stereocenters. The molecule has 1 aliphatic heterocycles. The van der Waals surface area contributed by atoms with Crippen molar-refractivity contribution in [3.05, 3.63) is 226 Å². The zero-order chi connectivity index (χ0) is 64.9. The van der Waals surface area contributed by atoms with E-state index in [2.05, 4.69) is 85.6 Å². The quantitative estimate of drug-likeness (QED) is 0.0485. The Bertz CT molecular complexity index is 4280. The van der Waals surface area contributed by atoms with E-state index in [4.69, 9.17) is 39.8 Å². The standard InChI is InChI=1S/C23H20FN3O3.C14H9FN2O2.C13H17BN2O2.C9H13NO2.C7H4BrFO2/c1-30-20-4-2-3-15(11-20)22(13-28)26-23(29)17-8-16(9-19(24)10-17)14-5-6-21-18(7-14)12-25-27-21;15-12-5-9(4-10(6-12)14(18)19)8-1-2-13-11(3-8)7-16-17-13;1-12(2)13(3,4)18-14(17-12)10-5-6-11-9(7-10)8-15-16-11;1-12-8-4-2-3-7(5-8)9(10)6-11;8-5-1-4(7(10)11)2-6(9)3-5/h2-12,22,28H,13H2,1H3,(H,25,27)(H,26,29);1-7H,(H,16,17)(H,18,19);5-8H,1-4H3,(H,15,16);2-5,9,11H,6,10H2,1H3;1-3H,(H,10,11). The highest BCUT2D eigenvalue weighted by atomic mass is 79.9. The summed E-state index contributed by atoms with van der Waals surface area (Å²) in [4.78, 5) is 34.1. The number of aliphatic hydroxyl groups is 2. The molecule has 8 aromatic carbocycles. The Balaban J connectivity index is 0.000000153. The minimum Gasteiger partial charge on any atom is -0.497 e. The predicted molar refractivity (Wildman–Crippen MR) is 340 cm³/mol. The van der Waals surface area contributed by atoms with Crippen molar-refractivity contribution in [2.75, 3.05) is 27.4 Å². The molecule has 4 heterocycles. The van der Waals surface area contributed by atoms with Crippen molar-refractivity contribution in [1.82, 2.24) is 35.9 Å². The average Bonchev–Trinajstić information content (AvgIpc) is 1.67. The van der Waals surface area contributed by atoms with Crippen LogP contribution in [0.15, 0.2) is 181 Å². The summed E-state index contributed by atoms with van der Waals surface area (Å²) in [5.41, 5.74) is 13.0. The number of aromatic carboxylic acids is 2. The Labute approximate surface area is 523 Å². The number of carbonyl (C=O) groups is 3. The molecule has 464 valence electrons. The van der Waals surface area contributed by atoms with Gasteiger partial charge in [0, 0.05) is 26.2 Å². The number of ether oxygens (including phenoxy) is 2. The van der Waals surface area contributed by atoms with Gasteiger partial charge in [-0.15, -0.1) is 0 Å². The lowest BCUT2D eigenvalue weighted by Gasteiger charge is -2.32. The fourth-order valence-corrected chi connectivity index (χ4v) is 9.55. The Hall–Kier alpha value is -9.69. The fraction of sp³-hybridized carbons (Fsp3) is 0.182. The smallest absolute Gasteiger partial charge is 0.494 e. The van der Waals surface area contributed by atoms with Crippen LogP contribution in [-0.2, 0) is 9.31 Å². The molecule has 10 N–H and O–H groups in total. The Morgan fingerprint density at radius 3 is 1.49 bits per heavy atom. The van der Waals surface area contributed by atoms with Crippen molar-refractivity contribution in [3.8, 4) is 33.8 Å². The second kappa shape index (κ2) is 29.5. The van der Waals surface area contributed by atoms with Crippen LogP contribution < -0.4 is 26.0 Å². The van der Waals surface area contributed by atoms with Gasteiger partial charge >= 0.3 is 19.1 Å². The van der Waals surface area contributed by atoms with Gasteiger partial charge in [0.2, 0.25) is 0 Å². The van der Waals surface area contributed by atoms with Crippen molar-refractivity contribution in [2.24, 2.45) is 5.73 Å². The number of carboxylic acid groups (broad SMARTS) is 2. The number of carboxylic acids is 2. The lowest BCUT2D eigenvalue weighted by atomic mass is 9.79. The maximum atomic E-state index is 14.3. The SMILES string of the molecule is CC1(C)OB(c2ccc3[nH]ncc3c2)OC1(C)C.COc1cccc(C(CO)NC(=O)c2cc(F)cc(-c3ccc4[nH]ncc4c3)c2)c1.COc1cccc(C(N)CO)c1.O=C(O)c1cc(F)cc(-c2ccc3[nH]ncc3c2)c1.O=C(O)c1cc(F)cc(Br)c1. The van der Waals surface area contributed by atoms with Crippen molar-refractivity contribution in [2.45, 2.75) is 51.0 Å². The molecule has 0 spiro atoms. The van der Waals surface area contributed by atoms with Crippen LogP contribution in [0.3, 0.4) is 0 Å². The maximum Gasteiger partial charge on any atom is 0.494 e. The molecule has 1 fully saturated rings. The molecule has 2 atom stereocenters. The lowest BCUT2D eigenvalue weighted by Crippen LogP contribution is -2.41. The van der Waals surface area contributed by atoms with Crippen molar-refractivity contribution in [3.63, 3.8) is 0 Å². The molecular formula is C66H63BBrF3N8O11. The van der Waals surface area contributed by atoms with Gasteiger partial charge in [-0.1, -0.05) is 64.5 Å². The number of rotatable bonds is 13. The molecular weight excluding hydrogens is 1230 g/mol. The zero-order valence-corrected chi connectivity index (χ0v) is 51.1. The molecule has 90 heavy (non-hydrogen) atoms. The summed E-state index contributed by atoms with van der Waals surface area (Å²) < 4.78 is 62.9. The largest absolute Gasteiger partial charge is 0.497 e. The number of halogens is 4. The third-order valence-electron chi connectivity index (χ3n) is 14.7. The first kappa shape index (κ1) is 66.3. The van der Waals surface area contributed by atoms with E-state index >= 15 is 0 Å². The average molecular weight is 1290 g/mol.